The van der Waals surface area contributed by atoms with Gasteiger partial charge < -0.3 is 14.9 Å². The van der Waals surface area contributed by atoms with Crippen LogP contribution in [-0.4, -0.2) is 34.4 Å². The van der Waals surface area contributed by atoms with Crippen molar-refractivity contribution in [3.8, 4) is 0 Å². The fourth-order valence-corrected chi connectivity index (χ4v) is 2.61. The summed E-state index contributed by atoms with van der Waals surface area (Å²) in [6.45, 7) is 0. The summed E-state index contributed by atoms with van der Waals surface area (Å²) in [6, 6.07) is 0. The van der Waals surface area contributed by atoms with Crippen LogP contribution in [-0.2, 0) is 9.53 Å². The quantitative estimate of drug-likeness (QED) is 0.599. The van der Waals surface area contributed by atoms with E-state index in [0.717, 1.165) is 0 Å². The topological polar surface area (TPSA) is 83.8 Å². The predicted molar refractivity (Wildman–Crippen MR) is 44.7 cm³/mol. The number of fused-ring (bicyclic) bond motifs is 1. The first-order chi connectivity index (χ1) is 6.58. The van der Waals surface area contributed by atoms with E-state index in [-0.39, 0.29) is 17.6 Å². The molecule has 0 saturated heterocycles. The lowest BCUT2D eigenvalue weighted by Gasteiger charge is -2.18. The van der Waals surface area contributed by atoms with Gasteiger partial charge in [0.05, 0.1) is 6.10 Å². The second-order valence-electron chi connectivity index (χ2n) is 4.02. The predicted octanol–water partition coefficient (Wildman–Crippen LogP) is 0.409. The highest BCUT2D eigenvalue weighted by Crippen LogP contribution is 2.43. The minimum absolute atomic E-state index is 0.103. The third kappa shape index (κ3) is 1.48. The average molecular weight is 200 g/mol. The Bertz CT molecular complexity index is 274. The molecule has 0 spiro atoms. The fourth-order valence-electron chi connectivity index (χ4n) is 2.61. The molecule has 0 unspecified atom stereocenters. The normalized spacial score (nSPS) is 41.1. The number of hydrogen-bond acceptors (Lipinski definition) is 4. The molecule has 5 heteroatoms. The number of Topliss-reactive ketones (excluding diaryl/α,β-unsaturated/α-hetero) is 1. The van der Waals surface area contributed by atoms with Gasteiger partial charge in [-0.05, 0) is 12.3 Å². The van der Waals surface area contributed by atoms with Crippen LogP contribution in [0.4, 0.5) is 4.79 Å². The van der Waals surface area contributed by atoms with Gasteiger partial charge in [0.1, 0.15) is 11.9 Å². The minimum atomic E-state index is -1.38. The molecular weight excluding hydrogens is 188 g/mol. The molecule has 2 aliphatic carbocycles. The lowest BCUT2D eigenvalue weighted by molar-refractivity contribution is -0.118. The van der Waals surface area contributed by atoms with E-state index < -0.39 is 18.4 Å². The van der Waals surface area contributed by atoms with Crippen LogP contribution < -0.4 is 0 Å². The standard InChI is InChI=1S/C9H12O5/c10-5-1-4-2-7(11)8(6(4)3-5)14-9(12)13/h4,6-8,11H,1-3H2,(H,12,13)/t4-,6-,7+,8+/m0/s1. The van der Waals surface area contributed by atoms with Gasteiger partial charge >= 0.3 is 6.16 Å². The Labute approximate surface area is 80.7 Å². The Morgan fingerprint density at radius 3 is 2.79 bits per heavy atom. The number of ketones is 1. The van der Waals surface area contributed by atoms with E-state index in [9.17, 15) is 14.7 Å². The van der Waals surface area contributed by atoms with E-state index in [0.29, 0.717) is 19.3 Å². The lowest BCUT2D eigenvalue weighted by Crippen LogP contribution is -2.31. The molecule has 5 nitrogen and oxygen atoms in total. The second-order valence-corrected chi connectivity index (χ2v) is 4.02. The molecule has 2 fully saturated rings. The lowest BCUT2D eigenvalue weighted by atomic mass is 9.99. The third-order valence-corrected chi connectivity index (χ3v) is 3.14. The number of carboxylic acid groups (broad SMARTS) is 1. The van der Waals surface area contributed by atoms with Gasteiger partial charge in [-0.1, -0.05) is 0 Å². The maximum absolute atomic E-state index is 11.1. The first-order valence-corrected chi connectivity index (χ1v) is 4.67. The molecule has 2 rings (SSSR count). The number of carbonyl (C=O) groups excluding carboxylic acids is 1. The number of carbonyl (C=O) groups is 2. The van der Waals surface area contributed by atoms with Crippen molar-refractivity contribution >= 4 is 11.9 Å². The molecule has 0 heterocycles. The van der Waals surface area contributed by atoms with Gasteiger partial charge in [0.25, 0.3) is 0 Å². The van der Waals surface area contributed by atoms with E-state index in [1.165, 1.54) is 0 Å². The second kappa shape index (κ2) is 3.24. The zero-order valence-corrected chi connectivity index (χ0v) is 7.55. The van der Waals surface area contributed by atoms with Crippen LogP contribution in [0.15, 0.2) is 0 Å². The summed E-state index contributed by atoms with van der Waals surface area (Å²) in [5.41, 5.74) is 0. The van der Waals surface area contributed by atoms with Crippen molar-refractivity contribution in [2.75, 3.05) is 0 Å². The van der Waals surface area contributed by atoms with Crippen molar-refractivity contribution in [3.05, 3.63) is 0 Å². The first kappa shape index (κ1) is 9.45. The molecule has 78 valence electrons. The molecule has 0 amide bonds. The van der Waals surface area contributed by atoms with Crippen molar-refractivity contribution in [2.45, 2.75) is 31.5 Å². The Hall–Kier alpha value is -1.10. The summed E-state index contributed by atoms with van der Waals surface area (Å²) in [4.78, 5) is 21.5. The molecule has 0 aromatic heterocycles. The minimum Gasteiger partial charge on any atom is -0.450 e. The van der Waals surface area contributed by atoms with Crippen molar-refractivity contribution in [1.29, 1.82) is 0 Å². The van der Waals surface area contributed by atoms with Gasteiger partial charge in [-0.2, -0.15) is 0 Å². The highest BCUT2D eigenvalue weighted by atomic mass is 16.7. The zero-order valence-electron chi connectivity index (χ0n) is 7.55. The van der Waals surface area contributed by atoms with Crippen LogP contribution >= 0.6 is 0 Å². The molecule has 4 atom stereocenters. The Balaban J connectivity index is 2.08. The van der Waals surface area contributed by atoms with Crippen LogP contribution in [0.1, 0.15) is 19.3 Å². The van der Waals surface area contributed by atoms with Gasteiger partial charge in [-0.25, -0.2) is 4.79 Å². The van der Waals surface area contributed by atoms with Gasteiger partial charge in [0.15, 0.2) is 0 Å². The molecule has 0 aliphatic heterocycles. The van der Waals surface area contributed by atoms with Crippen molar-refractivity contribution < 1.29 is 24.5 Å². The molecule has 2 N–H and O–H groups in total. The molecule has 0 radical (unpaired) electrons. The largest absolute Gasteiger partial charge is 0.506 e. The monoisotopic (exact) mass is 200 g/mol. The number of aliphatic hydroxyl groups excluding tert-OH is 1. The summed E-state index contributed by atoms with van der Waals surface area (Å²) >= 11 is 0. The Morgan fingerprint density at radius 2 is 2.14 bits per heavy atom. The number of rotatable bonds is 1. The van der Waals surface area contributed by atoms with Gasteiger partial charge in [0, 0.05) is 18.8 Å². The summed E-state index contributed by atoms with van der Waals surface area (Å²) < 4.78 is 4.60. The SMILES string of the molecule is O=C1C[C@H]2C[C@@H](O)[C@H](OC(=O)O)[C@H]2C1. The molecule has 0 aromatic carbocycles. The van der Waals surface area contributed by atoms with Gasteiger partial charge in [0.2, 0.25) is 0 Å². The van der Waals surface area contributed by atoms with Crippen LogP contribution in [0.5, 0.6) is 0 Å². The molecule has 0 aromatic rings. The van der Waals surface area contributed by atoms with E-state index >= 15 is 0 Å². The highest BCUT2D eigenvalue weighted by Gasteiger charge is 2.49. The molecule has 2 saturated carbocycles. The molecular formula is C9H12O5. The summed E-state index contributed by atoms with van der Waals surface area (Å²) in [6.07, 6.45) is -1.54. The maximum Gasteiger partial charge on any atom is 0.506 e. The zero-order chi connectivity index (χ0) is 10.3. The van der Waals surface area contributed by atoms with Crippen molar-refractivity contribution in [3.63, 3.8) is 0 Å². The van der Waals surface area contributed by atoms with E-state index in [2.05, 4.69) is 4.74 Å². The average Bonchev–Trinajstić information content (AvgIpc) is 2.51. The molecule has 2 aliphatic rings. The Morgan fingerprint density at radius 1 is 1.43 bits per heavy atom. The van der Waals surface area contributed by atoms with Crippen LogP contribution in [0.25, 0.3) is 0 Å². The molecule has 0 bridgehead atoms. The van der Waals surface area contributed by atoms with Gasteiger partial charge in [-0.15, -0.1) is 0 Å². The van der Waals surface area contributed by atoms with E-state index in [1.807, 2.05) is 0 Å². The number of ether oxygens (including phenoxy) is 1. The number of aliphatic hydroxyl groups is 1. The van der Waals surface area contributed by atoms with Crippen LogP contribution in [0.2, 0.25) is 0 Å². The van der Waals surface area contributed by atoms with Crippen molar-refractivity contribution in [2.24, 2.45) is 11.8 Å². The van der Waals surface area contributed by atoms with Crippen LogP contribution in [0.3, 0.4) is 0 Å². The summed E-state index contributed by atoms with van der Waals surface area (Å²) in [5.74, 6) is 0.154. The van der Waals surface area contributed by atoms with Gasteiger partial charge in [-0.3, -0.25) is 4.79 Å². The van der Waals surface area contributed by atoms with E-state index in [4.69, 9.17) is 5.11 Å². The first-order valence-electron chi connectivity index (χ1n) is 4.67. The fraction of sp³-hybridized carbons (Fsp3) is 0.778. The smallest absolute Gasteiger partial charge is 0.450 e. The van der Waals surface area contributed by atoms with E-state index in [1.54, 1.807) is 0 Å². The van der Waals surface area contributed by atoms with Crippen molar-refractivity contribution in [1.82, 2.24) is 0 Å². The third-order valence-electron chi connectivity index (χ3n) is 3.14. The highest BCUT2D eigenvalue weighted by molar-refractivity contribution is 5.81. The molecule has 14 heavy (non-hydrogen) atoms. The maximum atomic E-state index is 11.1. The number of hydrogen-bond donors (Lipinski definition) is 2. The Kier molecular flexibility index (Phi) is 2.19. The summed E-state index contributed by atoms with van der Waals surface area (Å²) in [5, 5.41) is 18.0. The summed E-state index contributed by atoms with van der Waals surface area (Å²) in [7, 11) is 0. The van der Waals surface area contributed by atoms with Crippen LogP contribution in [0, 0.1) is 11.8 Å².